The Balaban J connectivity index is 1.46. The number of carbonyl (C=O) groups is 1. The summed E-state index contributed by atoms with van der Waals surface area (Å²) in [5, 5.41) is 5.71. The van der Waals surface area contributed by atoms with E-state index in [0.717, 1.165) is 11.3 Å². The van der Waals surface area contributed by atoms with Crippen molar-refractivity contribution in [2.75, 3.05) is 41.8 Å². The molecule has 0 radical (unpaired) electrons. The van der Waals surface area contributed by atoms with Crippen molar-refractivity contribution >= 4 is 35.0 Å². The molecule has 5 rings (SSSR count). The zero-order valence-corrected chi connectivity index (χ0v) is 19.3. The van der Waals surface area contributed by atoms with Crippen LogP contribution in [0, 0.1) is 5.82 Å². The van der Waals surface area contributed by atoms with Crippen LogP contribution in [0.4, 0.5) is 26.5 Å². The Bertz CT molecular complexity index is 1340. The van der Waals surface area contributed by atoms with E-state index >= 15 is 0 Å². The first-order valence-electron chi connectivity index (χ1n) is 11.0. The summed E-state index contributed by atoms with van der Waals surface area (Å²) < 4.78 is 20.1. The van der Waals surface area contributed by atoms with E-state index in [4.69, 9.17) is 21.3 Å². The molecule has 0 spiro atoms. The summed E-state index contributed by atoms with van der Waals surface area (Å²) in [6.45, 7) is 2.66. The van der Waals surface area contributed by atoms with E-state index < -0.39 is 11.8 Å². The Morgan fingerprint density at radius 3 is 2.60 bits per heavy atom. The highest BCUT2D eigenvalue weighted by Crippen LogP contribution is 2.34. The SMILES string of the molecule is O=C(Nc1cccc(Cl)c1)Nc1cc(-c2nc(N3CCOCC3)[nH]c2-c2ccncc2)ccc1F. The second kappa shape index (κ2) is 10.1. The molecule has 2 amide bonds. The summed E-state index contributed by atoms with van der Waals surface area (Å²) in [6, 6.07) is 14.4. The molecule has 1 fully saturated rings. The van der Waals surface area contributed by atoms with Gasteiger partial charge < -0.3 is 25.3 Å². The van der Waals surface area contributed by atoms with E-state index in [0.29, 0.717) is 54.2 Å². The van der Waals surface area contributed by atoms with E-state index in [-0.39, 0.29) is 5.69 Å². The van der Waals surface area contributed by atoms with Gasteiger partial charge in [-0.2, -0.15) is 0 Å². The molecule has 0 bridgehead atoms. The van der Waals surface area contributed by atoms with Crippen molar-refractivity contribution in [3.05, 3.63) is 77.8 Å². The molecule has 2 aromatic heterocycles. The first-order valence-corrected chi connectivity index (χ1v) is 11.4. The normalized spacial score (nSPS) is 13.5. The number of hydrogen-bond acceptors (Lipinski definition) is 5. The number of rotatable bonds is 5. The van der Waals surface area contributed by atoms with Crippen LogP contribution in [0.1, 0.15) is 0 Å². The van der Waals surface area contributed by atoms with E-state index in [1.807, 2.05) is 12.1 Å². The zero-order chi connectivity index (χ0) is 24.2. The molecule has 10 heteroatoms. The van der Waals surface area contributed by atoms with Crippen LogP contribution in [0.15, 0.2) is 67.0 Å². The standard InChI is InChI=1S/C25H22ClFN6O2/c26-18-2-1-3-19(15-18)29-25(34)30-21-14-17(4-5-20(21)27)23-22(16-6-8-28-9-7-16)31-24(32-23)33-10-12-35-13-11-33/h1-9,14-15H,10-13H2,(H,31,32)(H2,29,30,34). The van der Waals surface area contributed by atoms with Crippen LogP contribution in [0.5, 0.6) is 0 Å². The van der Waals surface area contributed by atoms with Crippen LogP contribution in [0.2, 0.25) is 5.02 Å². The number of aromatic amines is 1. The number of ether oxygens (including phenoxy) is 1. The summed E-state index contributed by atoms with van der Waals surface area (Å²) in [7, 11) is 0. The van der Waals surface area contributed by atoms with Gasteiger partial charge in [-0.15, -0.1) is 0 Å². The first kappa shape index (κ1) is 22.8. The fourth-order valence-electron chi connectivity index (χ4n) is 3.84. The number of halogens is 2. The highest BCUT2D eigenvalue weighted by Gasteiger charge is 2.21. The van der Waals surface area contributed by atoms with Gasteiger partial charge in [-0.25, -0.2) is 14.2 Å². The van der Waals surface area contributed by atoms with Crippen molar-refractivity contribution in [3.63, 3.8) is 0 Å². The number of nitrogens with zero attached hydrogens (tertiary/aromatic N) is 3. The fourth-order valence-corrected chi connectivity index (χ4v) is 4.03. The van der Waals surface area contributed by atoms with Crippen molar-refractivity contribution in [3.8, 4) is 22.5 Å². The molecule has 0 saturated carbocycles. The smallest absolute Gasteiger partial charge is 0.323 e. The number of hydrogen-bond donors (Lipinski definition) is 3. The average Bonchev–Trinajstić information content (AvgIpc) is 3.32. The number of benzene rings is 2. The van der Waals surface area contributed by atoms with Gasteiger partial charge in [0.25, 0.3) is 0 Å². The zero-order valence-electron chi connectivity index (χ0n) is 18.6. The molecule has 4 aromatic rings. The lowest BCUT2D eigenvalue weighted by molar-refractivity contribution is 0.122. The lowest BCUT2D eigenvalue weighted by Crippen LogP contribution is -2.36. The minimum Gasteiger partial charge on any atom is -0.378 e. The third-order valence-corrected chi connectivity index (χ3v) is 5.78. The lowest BCUT2D eigenvalue weighted by Gasteiger charge is -2.26. The summed E-state index contributed by atoms with van der Waals surface area (Å²) >= 11 is 5.97. The van der Waals surface area contributed by atoms with E-state index in [2.05, 4.69) is 25.5 Å². The molecule has 1 aliphatic heterocycles. The van der Waals surface area contributed by atoms with Crippen molar-refractivity contribution in [2.45, 2.75) is 0 Å². The number of nitrogens with one attached hydrogen (secondary N) is 3. The van der Waals surface area contributed by atoms with Crippen LogP contribution in [-0.4, -0.2) is 47.3 Å². The predicted molar refractivity (Wildman–Crippen MR) is 134 cm³/mol. The van der Waals surface area contributed by atoms with Crippen molar-refractivity contribution in [2.24, 2.45) is 0 Å². The van der Waals surface area contributed by atoms with E-state index in [1.165, 1.54) is 6.07 Å². The second-order valence-electron chi connectivity index (χ2n) is 7.90. The Morgan fingerprint density at radius 1 is 1.03 bits per heavy atom. The Labute approximate surface area is 206 Å². The number of aromatic nitrogens is 3. The molecule has 1 saturated heterocycles. The quantitative estimate of drug-likeness (QED) is 0.346. The number of morpholine rings is 1. The van der Waals surface area contributed by atoms with Crippen LogP contribution in [0.3, 0.4) is 0 Å². The summed E-state index contributed by atoms with van der Waals surface area (Å²) in [5.74, 6) is 0.136. The number of anilines is 3. The maximum absolute atomic E-state index is 14.6. The van der Waals surface area contributed by atoms with Crippen molar-refractivity contribution in [1.82, 2.24) is 15.0 Å². The van der Waals surface area contributed by atoms with Gasteiger partial charge in [-0.1, -0.05) is 17.7 Å². The van der Waals surface area contributed by atoms with Gasteiger partial charge in [-0.05, 0) is 48.5 Å². The monoisotopic (exact) mass is 492 g/mol. The fraction of sp³-hybridized carbons (Fsp3) is 0.160. The molecule has 178 valence electrons. The molecule has 0 aliphatic carbocycles. The number of H-pyrrole nitrogens is 1. The molecule has 35 heavy (non-hydrogen) atoms. The van der Waals surface area contributed by atoms with Crippen LogP contribution < -0.4 is 15.5 Å². The number of amides is 2. The minimum atomic E-state index is -0.589. The molecule has 3 N–H and O–H groups in total. The molecule has 1 aliphatic rings. The lowest BCUT2D eigenvalue weighted by atomic mass is 10.1. The van der Waals surface area contributed by atoms with Crippen LogP contribution in [0.25, 0.3) is 22.5 Å². The van der Waals surface area contributed by atoms with E-state index in [1.54, 1.807) is 48.8 Å². The van der Waals surface area contributed by atoms with Crippen molar-refractivity contribution in [1.29, 1.82) is 0 Å². The van der Waals surface area contributed by atoms with Gasteiger partial charge in [0, 0.05) is 47.3 Å². The van der Waals surface area contributed by atoms with Gasteiger partial charge >= 0.3 is 6.03 Å². The van der Waals surface area contributed by atoms with E-state index in [9.17, 15) is 9.18 Å². The Morgan fingerprint density at radius 2 is 1.83 bits per heavy atom. The largest absolute Gasteiger partial charge is 0.378 e. The first-order chi connectivity index (χ1) is 17.1. The Hall–Kier alpha value is -3.95. The third-order valence-electron chi connectivity index (χ3n) is 5.54. The molecular weight excluding hydrogens is 471 g/mol. The summed E-state index contributed by atoms with van der Waals surface area (Å²) in [5.41, 5.74) is 3.46. The molecule has 0 atom stereocenters. The van der Waals surface area contributed by atoms with Crippen molar-refractivity contribution < 1.29 is 13.9 Å². The van der Waals surface area contributed by atoms with Gasteiger partial charge in [0.1, 0.15) is 5.82 Å². The highest BCUT2D eigenvalue weighted by atomic mass is 35.5. The summed E-state index contributed by atoms with van der Waals surface area (Å²) in [6.07, 6.45) is 3.40. The molecule has 2 aromatic carbocycles. The van der Waals surface area contributed by atoms with Gasteiger partial charge in [-0.3, -0.25) is 4.98 Å². The summed E-state index contributed by atoms with van der Waals surface area (Å²) in [4.78, 5) is 27.0. The average molecular weight is 493 g/mol. The highest BCUT2D eigenvalue weighted by molar-refractivity contribution is 6.30. The minimum absolute atomic E-state index is 0.0265. The van der Waals surface area contributed by atoms with Gasteiger partial charge in [0.15, 0.2) is 0 Å². The number of imidazole rings is 1. The topological polar surface area (TPSA) is 95.2 Å². The second-order valence-corrected chi connectivity index (χ2v) is 8.34. The van der Waals surface area contributed by atoms with Gasteiger partial charge in [0.2, 0.25) is 5.95 Å². The molecule has 0 unspecified atom stereocenters. The number of urea groups is 1. The predicted octanol–water partition coefficient (Wildman–Crippen LogP) is 5.41. The molecule has 3 heterocycles. The van der Waals surface area contributed by atoms with Crippen LogP contribution >= 0.6 is 11.6 Å². The van der Waals surface area contributed by atoms with Gasteiger partial charge in [0.05, 0.1) is 30.3 Å². The maximum Gasteiger partial charge on any atom is 0.323 e. The molecule has 8 nitrogen and oxygen atoms in total. The van der Waals surface area contributed by atoms with Crippen LogP contribution in [-0.2, 0) is 4.74 Å². The maximum atomic E-state index is 14.6. The third kappa shape index (κ3) is 5.26. The number of pyridine rings is 1. The molecular formula is C25H22ClFN6O2. The Kier molecular flexibility index (Phi) is 6.60. The number of carbonyl (C=O) groups excluding carboxylic acids is 1.